The molecule has 0 unspecified atom stereocenters. The number of rotatable bonds is 6. The summed E-state index contributed by atoms with van der Waals surface area (Å²) < 4.78 is 40.2. The minimum Gasteiger partial charge on any atom is -0.311 e. The van der Waals surface area contributed by atoms with Gasteiger partial charge in [0, 0.05) is 24.8 Å². The Morgan fingerprint density at radius 2 is 1.54 bits per heavy atom. The molecule has 1 amide bonds. The maximum Gasteiger partial charge on any atom is 0.258 e. The van der Waals surface area contributed by atoms with E-state index in [0.717, 1.165) is 5.69 Å². The monoisotopic (exact) mass is 398 g/mol. The van der Waals surface area contributed by atoms with Crippen molar-refractivity contribution in [3.63, 3.8) is 0 Å². The van der Waals surface area contributed by atoms with E-state index in [4.69, 9.17) is 0 Å². The molecule has 0 radical (unpaired) electrons. The lowest BCUT2D eigenvalue weighted by Gasteiger charge is -2.17. The molecule has 0 aliphatic heterocycles. The van der Waals surface area contributed by atoms with Crippen LogP contribution in [0.2, 0.25) is 0 Å². The van der Waals surface area contributed by atoms with E-state index in [9.17, 15) is 17.6 Å². The Morgan fingerprint density at radius 1 is 0.929 bits per heavy atom. The summed E-state index contributed by atoms with van der Waals surface area (Å²) in [7, 11) is -2.09. The van der Waals surface area contributed by atoms with E-state index >= 15 is 0 Å². The van der Waals surface area contributed by atoms with Gasteiger partial charge in [0.2, 0.25) is 10.0 Å². The Hall–Kier alpha value is -3.03. The van der Waals surface area contributed by atoms with E-state index in [-0.39, 0.29) is 23.2 Å². The van der Waals surface area contributed by atoms with Gasteiger partial charge in [0.1, 0.15) is 5.82 Å². The topological polar surface area (TPSA) is 66.5 Å². The van der Waals surface area contributed by atoms with Crippen LogP contribution in [0.4, 0.5) is 10.1 Å². The van der Waals surface area contributed by atoms with E-state index in [1.165, 1.54) is 53.4 Å². The average molecular weight is 398 g/mol. The van der Waals surface area contributed by atoms with Crippen molar-refractivity contribution >= 4 is 21.6 Å². The van der Waals surface area contributed by atoms with Gasteiger partial charge in [-0.3, -0.25) is 4.79 Å². The van der Waals surface area contributed by atoms with Crippen LogP contribution < -0.4 is 9.62 Å². The predicted octanol–water partition coefficient (Wildman–Crippen LogP) is 3.58. The van der Waals surface area contributed by atoms with E-state index in [2.05, 4.69) is 4.72 Å². The number of anilines is 1. The maximum absolute atomic E-state index is 12.9. The minimum atomic E-state index is -3.75. The number of hydrogen-bond donors (Lipinski definition) is 1. The Morgan fingerprint density at radius 3 is 2.14 bits per heavy atom. The molecule has 1 N–H and O–H groups in total. The van der Waals surface area contributed by atoms with Crippen molar-refractivity contribution in [2.24, 2.45) is 0 Å². The van der Waals surface area contributed by atoms with Crippen LogP contribution in [0.5, 0.6) is 0 Å². The summed E-state index contributed by atoms with van der Waals surface area (Å²) in [6.45, 7) is 0.0417. The van der Waals surface area contributed by atoms with Crippen LogP contribution in [0.25, 0.3) is 0 Å². The second-order valence-electron chi connectivity index (χ2n) is 6.18. The van der Waals surface area contributed by atoms with Crippen molar-refractivity contribution in [3.05, 3.63) is 95.8 Å². The van der Waals surface area contributed by atoms with Gasteiger partial charge in [-0.1, -0.05) is 30.3 Å². The van der Waals surface area contributed by atoms with Crippen LogP contribution >= 0.6 is 0 Å². The number of carbonyl (C=O) groups excluding carboxylic acids is 1. The van der Waals surface area contributed by atoms with E-state index < -0.39 is 10.0 Å². The van der Waals surface area contributed by atoms with Crippen molar-refractivity contribution in [2.75, 3.05) is 11.9 Å². The molecule has 0 aromatic heterocycles. The van der Waals surface area contributed by atoms with Gasteiger partial charge in [0.05, 0.1) is 4.90 Å². The summed E-state index contributed by atoms with van der Waals surface area (Å²) in [5.41, 5.74) is 1.76. The summed E-state index contributed by atoms with van der Waals surface area (Å²) in [5.74, 6) is -0.623. The molecular formula is C21H19FN2O3S. The highest BCUT2D eigenvalue weighted by molar-refractivity contribution is 7.89. The highest BCUT2D eigenvalue weighted by atomic mass is 32.2. The number of halogens is 1. The molecule has 3 rings (SSSR count). The van der Waals surface area contributed by atoms with Crippen LogP contribution in [-0.2, 0) is 16.6 Å². The molecule has 0 aliphatic rings. The highest BCUT2D eigenvalue weighted by Gasteiger charge is 2.17. The quantitative estimate of drug-likeness (QED) is 0.690. The SMILES string of the molecule is CN(C(=O)c1ccc(S(=O)(=O)NCc2ccc(F)cc2)cc1)c1ccccc1. The summed E-state index contributed by atoms with van der Waals surface area (Å²) in [5, 5.41) is 0. The molecule has 3 aromatic carbocycles. The molecule has 0 bridgehead atoms. The number of sulfonamides is 1. The zero-order valence-corrected chi connectivity index (χ0v) is 16.0. The van der Waals surface area contributed by atoms with Gasteiger partial charge in [-0.15, -0.1) is 0 Å². The first-order valence-electron chi connectivity index (χ1n) is 8.54. The van der Waals surface area contributed by atoms with E-state index in [0.29, 0.717) is 11.1 Å². The van der Waals surface area contributed by atoms with Crippen LogP contribution in [0.1, 0.15) is 15.9 Å². The first kappa shape index (κ1) is 19.7. The first-order valence-corrected chi connectivity index (χ1v) is 10.0. The van der Waals surface area contributed by atoms with Crippen molar-refractivity contribution in [2.45, 2.75) is 11.4 Å². The molecular weight excluding hydrogens is 379 g/mol. The van der Waals surface area contributed by atoms with Gasteiger partial charge in [0.25, 0.3) is 5.91 Å². The van der Waals surface area contributed by atoms with Crippen LogP contribution in [0.3, 0.4) is 0 Å². The van der Waals surface area contributed by atoms with Gasteiger partial charge in [-0.05, 0) is 54.1 Å². The number of para-hydroxylation sites is 1. The highest BCUT2D eigenvalue weighted by Crippen LogP contribution is 2.17. The fourth-order valence-corrected chi connectivity index (χ4v) is 3.62. The molecule has 5 nitrogen and oxygen atoms in total. The third-order valence-corrected chi connectivity index (χ3v) is 5.66. The fourth-order valence-electron chi connectivity index (χ4n) is 2.60. The number of amides is 1. The number of nitrogens with zero attached hydrogens (tertiary/aromatic N) is 1. The lowest BCUT2D eigenvalue weighted by atomic mass is 10.2. The Balaban J connectivity index is 1.70. The van der Waals surface area contributed by atoms with E-state index in [1.807, 2.05) is 30.3 Å². The maximum atomic E-state index is 12.9. The van der Waals surface area contributed by atoms with Crippen LogP contribution in [0.15, 0.2) is 83.8 Å². The second-order valence-corrected chi connectivity index (χ2v) is 7.94. The molecule has 0 saturated carbocycles. The molecule has 7 heteroatoms. The van der Waals surface area contributed by atoms with Gasteiger partial charge < -0.3 is 4.90 Å². The van der Waals surface area contributed by atoms with Crippen LogP contribution in [0, 0.1) is 5.82 Å². The molecule has 0 aliphatic carbocycles. The van der Waals surface area contributed by atoms with Gasteiger partial charge in [-0.25, -0.2) is 17.5 Å². The first-order chi connectivity index (χ1) is 13.4. The Kier molecular flexibility index (Phi) is 5.87. The molecule has 144 valence electrons. The molecule has 0 saturated heterocycles. The van der Waals surface area contributed by atoms with Gasteiger partial charge in [0.15, 0.2) is 0 Å². The average Bonchev–Trinajstić information content (AvgIpc) is 2.73. The molecule has 3 aromatic rings. The lowest BCUT2D eigenvalue weighted by molar-refractivity contribution is 0.0993. The summed E-state index contributed by atoms with van der Waals surface area (Å²) in [6, 6.07) is 20.5. The van der Waals surface area contributed by atoms with Crippen LogP contribution in [-0.4, -0.2) is 21.4 Å². The summed E-state index contributed by atoms with van der Waals surface area (Å²) in [4.78, 5) is 14.1. The van der Waals surface area contributed by atoms with Crippen molar-refractivity contribution < 1.29 is 17.6 Å². The number of nitrogens with one attached hydrogen (secondary N) is 1. The lowest BCUT2D eigenvalue weighted by Crippen LogP contribution is -2.26. The number of benzene rings is 3. The zero-order chi connectivity index (χ0) is 20.1. The zero-order valence-electron chi connectivity index (χ0n) is 15.2. The van der Waals surface area contributed by atoms with Gasteiger partial charge >= 0.3 is 0 Å². The standard InChI is InChI=1S/C21H19FN2O3S/c1-24(19-5-3-2-4-6-19)21(25)17-9-13-20(14-10-17)28(26,27)23-15-16-7-11-18(22)12-8-16/h2-14,23H,15H2,1H3. The number of hydrogen-bond acceptors (Lipinski definition) is 3. The smallest absolute Gasteiger partial charge is 0.258 e. The molecule has 0 atom stereocenters. The summed E-state index contributed by atoms with van der Waals surface area (Å²) in [6.07, 6.45) is 0. The molecule has 28 heavy (non-hydrogen) atoms. The third-order valence-electron chi connectivity index (χ3n) is 4.24. The Bertz CT molecular complexity index is 1050. The van der Waals surface area contributed by atoms with Gasteiger partial charge in [-0.2, -0.15) is 0 Å². The Labute approximate surface area is 163 Å². The van der Waals surface area contributed by atoms with Crippen molar-refractivity contribution in [1.29, 1.82) is 0 Å². The fraction of sp³-hybridized carbons (Fsp3) is 0.0952. The van der Waals surface area contributed by atoms with E-state index in [1.54, 1.807) is 7.05 Å². The predicted molar refractivity (Wildman–Crippen MR) is 106 cm³/mol. The second kappa shape index (κ2) is 8.33. The summed E-state index contributed by atoms with van der Waals surface area (Å²) >= 11 is 0. The molecule has 0 heterocycles. The molecule has 0 spiro atoms. The normalized spacial score (nSPS) is 11.2. The molecule has 0 fully saturated rings. The number of carbonyl (C=O) groups is 1. The minimum absolute atomic E-state index is 0.0417. The van der Waals surface area contributed by atoms with Crippen molar-refractivity contribution in [1.82, 2.24) is 4.72 Å². The largest absolute Gasteiger partial charge is 0.311 e. The van der Waals surface area contributed by atoms with Crippen molar-refractivity contribution in [3.8, 4) is 0 Å². The third kappa shape index (κ3) is 4.62.